The molecular formula is C14H18F2N2O2. The van der Waals surface area contributed by atoms with Crippen LogP contribution in [0.25, 0.3) is 0 Å². The number of benzene rings is 1. The maximum atomic E-state index is 12.3. The highest BCUT2D eigenvalue weighted by atomic mass is 19.3. The van der Waals surface area contributed by atoms with Crippen molar-refractivity contribution in [2.75, 3.05) is 13.1 Å². The first-order valence-corrected chi connectivity index (χ1v) is 6.55. The molecule has 1 aromatic carbocycles. The summed E-state index contributed by atoms with van der Waals surface area (Å²) in [6, 6.07) is 5.71. The normalized spacial score (nSPS) is 22.9. The molecule has 0 radical (unpaired) electrons. The summed E-state index contributed by atoms with van der Waals surface area (Å²) in [4.78, 5) is 14.0. The van der Waals surface area contributed by atoms with Crippen molar-refractivity contribution in [1.82, 2.24) is 4.90 Å². The van der Waals surface area contributed by atoms with Gasteiger partial charge in [-0.25, -0.2) is 0 Å². The number of hydrogen-bond donors (Lipinski definition) is 1. The van der Waals surface area contributed by atoms with Gasteiger partial charge in [0.15, 0.2) is 0 Å². The highest BCUT2D eigenvalue weighted by Gasteiger charge is 2.26. The minimum Gasteiger partial charge on any atom is -0.435 e. The van der Waals surface area contributed by atoms with Crippen molar-refractivity contribution >= 4 is 5.91 Å². The molecule has 2 atom stereocenters. The number of ether oxygens (including phenoxy) is 1. The Morgan fingerprint density at radius 3 is 2.55 bits per heavy atom. The van der Waals surface area contributed by atoms with E-state index in [4.69, 9.17) is 5.73 Å². The van der Waals surface area contributed by atoms with E-state index in [1.807, 2.05) is 0 Å². The molecule has 0 saturated carbocycles. The summed E-state index contributed by atoms with van der Waals surface area (Å²) >= 11 is 0. The fourth-order valence-corrected chi connectivity index (χ4v) is 2.53. The molecule has 1 heterocycles. The number of carbonyl (C=O) groups excluding carboxylic acids is 1. The van der Waals surface area contributed by atoms with E-state index in [1.165, 1.54) is 24.3 Å². The highest BCUT2D eigenvalue weighted by molar-refractivity contribution is 5.94. The van der Waals surface area contributed by atoms with Crippen molar-refractivity contribution in [2.24, 2.45) is 11.7 Å². The van der Waals surface area contributed by atoms with E-state index in [1.54, 1.807) is 4.90 Å². The van der Waals surface area contributed by atoms with Gasteiger partial charge in [-0.2, -0.15) is 8.78 Å². The second-order valence-electron chi connectivity index (χ2n) is 5.21. The first-order chi connectivity index (χ1) is 9.45. The average molecular weight is 284 g/mol. The smallest absolute Gasteiger partial charge is 0.387 e. The fraction of sp³-hybridized carbons (Fsp3) is 0.500. The Bertz CT molecular complexity index is 455. The number of carbonyl (C=O) groups is 1. The minimum atomic E-state index is -2.86. The number of piperidine rings is 1. The van der Waals surface area contributed by atoms with Crippen LogP contribution in [0, 0.1) is 5.92 Å². The maximum absolute atomic E-state index is 12.3. The summed E-state index contributed by atoms with van der Waals surface area (Å²) in [6.45, 7) is 0.386. The highest BCUT2D eigenvalue weighted by Crippen LogP contribution is 2.20. The van der Waals surface area contributed by atoms with Crippen LogP contribution in [-0.2, 0) is 0 Å². The summed E-state index contributed by atoms with van der Waals surface area (Å²) in [5.41, 5.74) is 6.36. The molecule has 110 valence electrons. The molecule has 0 aromatic heterocycles. The predicted octanol–water partition coefficient (Wildman–Crippen LogP) is 2.10. The number of hydrogen-bond acceptors (Lipinski definition) is 3. The van der Waals surface area contributed by atoms with Crippen LogP contribution in [0.4, 0.5) is 8.78 Å². The number of alkyl halides is 2. The van der Waals surface area contributed by atoms with Gasteiger partial charge in [0.25, 0.3) is 5.91 Å². The van der Waals surface area contributed by atoms with Gasteiger partial charge in [0, 0.05) is 24.7 Å². The second-order valence-corrected chi connectivity index (χ2v) is 5.21. The number of rotatable bonds is 3. The second kappa shape index (κ2) is 6.17. The van der Waals surface area contributed by atoms with Crippen LogP contribution < -0.4 is 10.5 Å². The van der Waals surface area contributed by atoms with E-state index in [-0.39, 0.29) is 17.7 Å². The summed E-state index contributed by atoms with van der Waals surface area (Å²) in [7, 11) is 0. The molecule has 1 fully saturated rings. The van der Waals surface area contributed by atoms with Crippen molar-refractivity contribution in [3.63, 3.8) is 0 Å². The molecule has 2 unspecified atom stereocenters. The molecule has 1 aliphatic rings. The van der Waals surface area contributed by atoms with Crippen LogP contribution in [-0.4, -0.2) is 36.5 Å². The Balaban J connectivity index is 2.05. The third-order valence-electron chi connectivity index (χ3n) is 3.31. The molecule has 0 aliphatic carbocycles. The summed E-state index contributed by atoms with van der Waals surface area (Å²) < 4.78 is 28.3. The van der Waals surface area contributed by atoms with Gasteiger partial charge in [-0.15, -0.1) is 0 Å². The average Bonchev–Trinajstić information content (AvgIpc) is 2.37. The quantitative estimate of drug-likeness (QED) is 0.924. The zero-order chi connectivity index (χ0) is 14.7. The maximum Gasteiger partial charge on any atom is 0.387 e. The van der Waals surface area contributed by atoms with Crippen LogP contribution in [0.1, 0.15) is 23.7 Å². The number of halogens is 2. The zero-order valence-electron chi connectivity index (χ0n) is 11.3. The van der Waals surface area contributed by atoms with Gasteiger partial charge >= 0.3 is 6.61 Å². The SMILES string of the molecule is CC1CC(N)CN(C(=O)c2ccc(OC(F)F)cc2)C1. The predicted molar refractivity (Wildman–Crippen MR) is 70.7 cm³/mol. The van der Waals surface area contributed by atoms with Gasteiger partial charge in [-0.1, -0.05) is 6.92 Å². The lowest BCUT2D eigenvalue weighted by atomic mass is 9.96. The molecule has 20 heavy (non-hydrogen) atoms. The molecular weight excluding hydrogens is 266 g/mol. The number of nitrogens with two attached hydrogens (primary N) is 1. The van der Waals surface area contributed by atoms with Crippen LogP contribution in [0.5, 0.6) is 5.75 Å². The van der Waals surface area contributed by atoms with Crippen LogP contribution in [0.3, 0.4) is 0 Å². The van der Waals surface area contributed by atoms with Crippen LogP contribution in [0.15, 0.2) is 24.3 Å². The molecule has 1 aromatic rings. The molecule has 0 spiro atoms. The largest absolute Gasteiger partial charge is 0.435 e. The lowest BCUT2D eigenvalue weighted by molar-refractivity contribution is -0.0498. The Hall–Kier alpha value is -1.69. The first-order valence-electron chi connectivity index (χ1n) is 6.55. The molecule has 1 amide bonds. The number of likely N-dealkylation sites (tertiary alicyclic amines) is 1. The van der Waals surface area contributed by atoms with Gasteiger partial charge in [0.2, 0.25) is 0 Å². The van der Waals surface area contributed by atoms with E-state index >= 15 is 0 Å². The Morgan fingerprint density at radius 1 is 1.35 bits per heavy atom. The van der Waals surface area contributed by atoms with E-state index in [0.29, 0.717) is 24.6 Å². The Morgan fingerprint density at radius 2 is 2.00 bits per heavy atom. The van der Waals surface area contributed by atoms with Crippen LogP contribution in [0.2, 0.25) is 0 Å². The van der Waals surface area contributed by atoms with Gasteiger partial charge in [0.1, 0.15) is 5.75 Å². The van der Waals surface area contributed by atoms with Gasteiger partial charge in [-0.3, -0.25) is 4.79 Å². The summed E-state index contributed by atoms with van der Waals surface area (Å²) in [5, 5.41) is 0. The molecule has 4 nitrogen and oxygen atoms in total. The minimum absolute atomic E-state index is 0.0101. The van der Waals surface area contributed by atoms with E-state index in [0.717, 1.165) is 6.42 Å². The van der Waals surface area contributed by atoms with E-state index in [2.05, 4.69) is 11.7 Å². The third kappa shape index (κ3) is 3.66. The summed E-state index contributed by atoms with van der Waals surface area (Å²) in [6.07, 6.45) is 0.908. The molecule has 2 N–H and O–H groups in total. The van der Waals surface area contributed by atoms with E-state index in [9.17, 15) is 13.6 Å². The van der Waals surface area contributed by atoms with Crippen molar-refractivity contribution in [1.29, 1.82) is 0 Å². The first kappa shape index (κ1) is 14.7. The molecule has 1 aliphatic heterocycles. The van der Waals surface area contributed by atoms with Crippen molar-refractivity contribution in [2.45, 2.75) is 26.0 Å². The molecule has 1 saturated heterocycles. The van der Waals surface area contributed by atoms with Crippen molar-refractivity contribution < 1.29 is 18.3 Å². The molecule has 2 rings (SSSR count). The van der Waals surface area contributed by atoms with Gasteiger partial charge in [-0.05, 0) is 36.6 Å². The number of nitrogens with zero attached hydrogens (tertiary/aromatic N) is 1. The van der Waals surface area contributed by atoms with Gasteiger partial charge in [0.05, 0.1) is 0 Å². The van der Waals surface area contributed by atoms with Gasteiger partial charge < -0.3 is 15.4 Å². The van der Waals surface area contributed by atoms with Crippen LogP contribution >= 0.6 is 0 Å². The lowest BCUT2D eigenvalue weighted by Crippen LogP contribution is -2.48. The third-order valence-corrected chi connectivity index (χ3v) is 3.31. The van der Waals surface area contributed by atoms with Crippen molar-refractivity contribution in [3.8, 4) is 5.75 Å². The lowest BCUT2D eigenvalue weighted by Gasteiger charge is -2.34. The topological polar surface area (TPSA) is 55.6 Å². The molecule has 6 heteroatoms. The number of amides is 1. The standard InChI is InChI=1S/C14H18F2N2O2/c1-9-6-11(17)8-18(7-9)13(19)10-2-4-12(5-3-10)20-14(15)16/h2-5,9,11,14H,6-8,17H2,1H3. The Kier molecular flexibility index (Phi) is 4.54. The zero-order valence-corrected chi connectivity index (χ0v) is 11.3. The molecule has 0 bridgehead atoms. The Labute approximate surface area is 116 Å². The monoisotopic (exact) mass is 284 g/mol. The fourth-order valence-electron chi connectivity index (χ4n) is 2.53. The summed E-state index contributed by atoms with van der Waals surface area (Å²) in [5.74, 6) is 0.278. The van der Waals surface area contributed by atoms with Crippen molar-refractivity contribution in [3.05, 3.63) is 29.8 Å². The van der Waals surface area contributed by atoms with E-state index < -0.39 is 6.61 Å².